The van der Waals surface area contributed by atoms with E-state index in [0.29, 0.717) is 24.4 Å². The first-order valence-corrected chi connectivity index (χ1v) is 7.17. The number of hydrogen-bond donors (Lipinski definition) is 1. The Morgan fingerprint density at radius 1 is 1.58 bits per heavy atom. The maximum atomic E-state index is 6.00. The van der Waals surface area contributed by atoms with Crippen LogP contribution in [0.15, 0.2) is 10.7 Å². The topological polar surface area (TPSA) is 87.1 Å². The van der Waals surface area contributed by atoms with Gasteiger partial charge in [0.15, 0.2) is 5.82 Å². The zero-order valence-electron chi connectivity index (χ0n) is 10.7. The van der Waals surface area contributed by atoms with Crippen molar-refractivity contribution >= 4 is 11.3 Å². The standard InChI is InChI=1S/C12H16N4O2S/c1-7-14-5-10(19-7)12-15-11(16-18-12)9(13)6-17-8-3-2-4-8/h5,8-9H,2-4,6,13H2,1H3. The SMILES string of the molecule is Cc1ncc(-c2nc(C(N)COC3CCC3)no2)s1. The summed E-state index contributed by atoms with van der Waals surface area (Å²) in [6.45, 7) is 2.37. The van der Waals surface area contributed by atoms with Crippen molar-refractivity contribution in [2.45, 2.75) is 38.3 Å². The van der Waals surface area contributed by atoms with Gasteiger partial charge >= 0.3 is 0 Å². The molecule has 6 nitrogen and oxygen atoms in total. The van der Waals surface area contributed by atoms with Gasteiger partial charge in [0.1, 0.15) is 4.88 Å². The van der Waals surface area contributed by atoms with Gasteiger partial charge in [-0.25, -0.2) is 4.98 Å². The van der Waals surface area contributed by atoms with Crippen LogP contribution in [-0.4, -0.2) is 27.8 Å². The van der Waals surface area contributed by atoms with Gasteiger partial charge in [-0.2, -0.15) is 4.98 Å². The van der Waals surface area contributed by atoms with Crippen molar-refractivity contribution in [3.63, 3.8) is 0 Å². The number of hydrogen-bond acceptors (Lipinski definition) is 7. The molecule has 2 heterocycles. The molecule has 0 radical (unpaired) electrons. The van der Waals surface area contributed by atoms with Gasteiger partial charge in [0.05, 0.1) is 30.0 Å². The summed E-state index contributed by atoms with van der Waals surface area (Å²) in [5.74, 6) is 0.958. The van der Waals surface area contributed by atoms with Crippen LogP contribution < -0.4 is 5.73 Å². The predicted octanol–water partition coefficient (Wildman–Crippen LogP) is 2.07. The number of aryl methyl sites for hydroxylation is 1. The lowest BCUT2D eigenvalue weighted by molar-refractivity contribution is -0.00549. The lowest BCUT2D eigenvalue weighted by atomic mass is 9.96. The Bertz CT molecular complexity index is 549. The maximum absolute atomic E-state index is 6.00. The summed E-state index contributed by atoms with van der Waals surface area (Å²) in [6, 6.07) is -0.341. The predicted molar refractivity (Wildman–Crippen MR) is 70.7 cm³/mol. The molecule has 1 aliphatic rings. The number of thiazole rings is 1. The molecule has 19 heavy (non-hydrogen) atoms. The van der Waals surface area contributed by atoms with Gasteiger partial charge in [-0.1, -0.05) is 5.16 Å². The zero-order chi connectivity index (χ0) is 13.2. The van der Waals surface area contributed by atoms with Crippen LogP contribution >= 0.6 is 11.3 Å². The highest BCUT2D eigenvalue weighted by molar-refractivity contribution is 7.14. The van der Waals surface area contributed by atoms with Crippen LogP contribution in [0, 0.1) is 6.92 Å². The van der Waals surface area contributed by atoms with E-state index in [0.717, 1.165) is 22.7 Å². The van der Waals surface area contributed by atoms with E-state index < -0.39 is 0 Å². The van der Waals surface area contributed by atoms with Crippen LogP contribution in [0.2, 0.25) is 0 Å². The van der Waals surface area contributed by atoms with E-state index in [1.165, 1.54) is 17.8 Å². The average Bonchev–Trinajstić information content (AvgIpc) is 2.94. The summed E-state index contributed by atoms with van der Waals surface area (Å²) in [5.41, 5.74) is 6.00. The average molecular weight is 280 g/mol. The van der Waals surface area contributed by atoms with E-state index in [2.05, 4.69) is 15.1 Å². The molecule has 1 aliphatic carbocycles. The first-order chi connectivity index (χ1) is 9.22. The van der Waals surface area contributed by atoms with Crippen molar-refractivity contribution in [3.05, 3.63) is 17.0 Å². The number of rotatable bonds is 5. The number of ether oxygens (including phenoxy) is 1. The van der Waals surface area contributed by atoms with E-state index >= 15 is 0 Å². The van der Waals surface area contributed by atoms with Gasteiger partial charge in [-0.05, 0) is 26.2 Å². The van der Waals surface area contributed by atoms with E-state index in [9.17, 15) is 0 Å². The maximum Gasteiger partial charge on any atom is 0.269 e. The third-order valence-electron chi connectivity index (χ3n) is 3.17. The molecule has 0 saturated heterocycles. The third-order valence-corrected chi connectivity index (χ3v) is 4.07. The van der Waals surface area contributed by atoms with Crippen LogP contribution in [0.4, 0.5) is 0 Å². The quantitative estimate of drug-likeness (QED) is 0.902. The van der Waals surface area contributed by atoms with Gasteiger partial charge in [0.2, 0.25) is 0 Å². The van der Waals surface area contributed by atoms with Gasteiger partial charge in [-0.15, -0.1) is 11.3 Å². The third kappa shape index (κ3) is 2.83. The second-order valence-corrected chi connectivity index (χ2v) is 5.93. The second-order valence-electron chi connectivity index (χ2n) is 4.69. The Balaban J connectivity index is 1.63. The van der Waals surface area contributed by atoms with Crippen molar-refractivity contribution in [1.82, 2.24) is 15.1 Å². The van der Waals surface area contributed by atoms with Gasteiger partial charge in [-0.3, -0.25) is 0 Å². The molecular formula is C12H16N4O2S. The molecule has 1 atom stereocenters. The minimum atomic E-state index is -0.341. The first kappa shape index (κ1) is 12.7. The minimum absolute atomic E-state index is 0.341. The second kappa shape index (κ2) is 5.36. The Hall–Kier alpha value is -1.31. The number of aromatic nitrogens is 3. The molecule has 0 amide bonds. The van der Waals surface area contributed by atoms with Gasteiger partial charge in [0, 0.05) is 0 Å². The Kier molecular flexibility index (Phi) is 3.58. The minimum Gasteiger partial charge on any atom is -0.376 e. The highest BCUT2D eigenvalue weighted by Gasteiger charge is 2.21. The van der Waals surface area contributed by atoms with Crippen LogP contribution in [0.25, 0.3) is 10.8 Å². The molecule has 1 unspecified atom stereocenters. The van der Waals surface area contributed by atoms with E-state index in [1.54, 1.807) is 6.20 Å². The molecular weight excluding hydrogens is 264 g/mol. The molecule has 1 fully saturated rings. The van der Waals surface area contributed by atoms with E-state index in [4.69, 9.17) is 15.0 Å². The smallest absolute Gasteiger partial charge is 0.269 e. The Labute approximate surface area is 115 Å². The van der Waals surface area contributed by atoms with Crippen LogP contribution in [0.1, 0.15) is 36.1 Å². The molecule has 7 heteroatoms. The van der Waals surface area contributed by atoms with Crippen molar-refractivity contribution in [2.75, 3.05) is 6.61 Å². The summed E-state index contributed by atoms with van der Waals surface area (Å²) >= 11 is 1.52. The van der Waals surface area contributed by atoms with Gasteiger partial charge in [0.25, 0.3) is 5.89 Å². The lowest BCUT2D eigenvalue weighted by Gasteiger charge is -2.26. The summed E-state index contributed by atoms with van der Waals surface area (Å²) in [4.78, 5) is 9.33. The van der Waals surface area contributed by atoms with E-state index in [-0.39, 0.29) is 6.04 Å². The van der Waals surface area contributed by atoms with Crippen molar-refractivity contribution in [2.24, 2.45) is 5.73 Å². The van der Waals surface area contributed by atoms with E-state index in [1.807, 2.05) is 6.92 Å². The lowest BCUT2D eigenvalue weighted by Crippen LogP contribution is -2.27. The summed E-state index contributed by atoms with van der Waals surface area (Å²) in [7, 11) is 0. The van der Waals surface area contributed by atoms with Crippen LogP contribution in [0.3, 0.4) is 0 Å². The summed E-state index contributed by atoms with van der Waals surface area (Å²) in [5, 5.41) is 4.88. The molecule has 2 aromatic heterocycles. The highest BCUT2D eigenvalue weighted by atomic mass is 32.1. The molecule has 3 rings (SSSR count). The van der Waals surface area contributed by atoms with Gasteiger partial charge < -0.3 is 15.0 Å². The molecule has 2 aromatic rings. The van der Waals surface area contributed by atoms with Crippen molar-refractivity contribution < 1.29 is 9.26 Å². The Morgan fingerprint density at radius 2 is 2.42 bits per heavy atom. The largest absolute Gasteiger partial charge is 0.376 e. The first-order valence-electron chi connectivity index (χ1n) is 6.36. The normalized spacial score (nSPS) is 17.4. The van der Waals surface area contributed by atoms with Crippen molar-refractivity contribution in [1.29, 1.82) is 0 Å². The highest BCUT2D eigenvalue weighted by Crippen LogP contribution is 2.26. The number of nitrogens with two attached hydrogens (primary N) is 1. The summed E-state index contributed by atoms with van der Waals surface area (Å²) in [6.07, 6.45) is 5.60. The Morgan fingerprint density at radius 3 is 3.05 bits per heavy atom. The summed E-state index contributed by atoms with van der Waals surface area (Å²) < 4.78 is 10.9. The molecule has 0 spiro atoms. The zero-order valence-corrected chi connectivity index (χ0v) is 11.5. The fourth-order valence-corrected chi connectivity index (χ4v) is 2.50. The fraction of sp³-hybridized carbons (Fsp3) is 0.583. The van der Waals surface area contributed by atoms with Crippen LogP contribution in [0.5, 0.6) is 0 Å². The fourth-order valence-electron chi connectivity index (χ4n) is 1.80. The molecule has 0 aromatic carbocycles. The molecule has 0 bridgehead atoms. The molecule has 2 N–H and O–H groups in total. The monoisotopic (exact) mass is 280 g/mol. The molecule has 102 valence electrons. The number of nitrogens with zero attached hydrogens (tertiary/aromatic N) is 3. The molecule has 1 saturated carbocycles. The van der Waals surface area contributed by atoms with Crippen LogP contribution in [-0.2, 0) is 4.74 Å². The van der Waals surface area contributed by atoms with Crippen molar-refractivity contribution in [3.8, 4) is 10.8 Å². The molecule has 0 aliphatic heterocycles.